The molecule has 3 aromatic carbocycles. The highest BCUT2D eigenvalue weighted by atomic mass is 15.1. The Hall–Kier alpha value is -2.97. The fourth-order valence-electron chi connectivity index (χ4n) is 4.76. The van der Waals surface area contributed by atoms with Crippen molar-refractivity contribution in [3.63, 3.8) is 0 Å². The van der Waals surface area contributed by atoms with Crippen molar-refractivity contribution in [1.82, 2.24) is 4.90 Å². The molecule has 0 saturated heterocycles. The largest absolute Gasteiger partial charge is 0.291 e. The van der Waals surface area contributed by atoms with Crippen molar-refractivity contribution in [2.24, 2.45) is 4.99 Å². The van der Waals surface area contributed by atoms with Crippen molar-refractivity contribution < 1.29 is 0 Å². The molecule has 2 nitrogen and oxygen atoms in total. The summed E-state index contributed by atoms with van der Waals surface area (Å²) in [7, 11) is 0. The van der Waals surface area contributed by atoms with E-state index in [1.54, 1.807) is 0 Å². The van der Waals surface area contributed by atoms with E-state index in [1.165, 1.54) is 22.3 Å². The lowest BCUT2D eigenvalue weighted by molar-refractivity contribution is 0.285. The van der Waals surface area contributed by atoms with Gasteiger partial charge in [-0.1, -0.05) is 84.9 Å². The molecule has 0 aliphatic carbocycles. The molecule has 29 heavy (non-hydrogen) atoms. The molecule has 2 heteroatoms. The number of nitrogens with zero attached hydrogens (tertiary/aromatic N) is 2. The molecule has 5 rings (SSSR count). The summed E-state index contributed by atoms with van der Waals surface area (Å²) in [5, 5.41) is 0. The van der Waals surface area contributed by atoms with E-state index in [-0.39, 0.29) is 5.41 Å². The summed E-state index contributed by atoms with van der Waals surface area (Å²) in [5.74, 6) is 0. The van der Waals surface area contributed by atoms with Crippen LogP contribution in [0.15, 0.2) is 96.0 Å². The fourth-order valence-corrected chi connectivity index (χ4v) is 4.76. The van der Waals surface area contributed by atoms with Crippen LogP contribution >= 0.6 is 0 Å². The standard InChI is InChI=1S/C27H26N2/c1-3-10-22(11-4-1)18-27-16-7-8-17-29(19-23-12-5-2-6-13-23)20-24-14-9-15-25(26(24)27)28-21-27/h1-15,21H,16-20H2/b8-7-. The summed E-state index contributed by atoms with van der Waals surface area (Å²) in [6.07, 6.45) is 8.90. The number of allylic oxidation sites excluding steroid dienone is 1. The first-order valence-electron chi connectivity index (χ1n) is 10.5. The maximum atomic E-state index is 4.87. The third-order valence-electron chi connectivity index (χ3n) is 6.10. The first kappa shape index (κ1) is 18.1. The molecule has 0 aromatic heterocycles. The predicted octanol–water partition coefficient (Wildman–Crippen LogP) is 5.85. The van der Waals surface area contributed by atoms with Gasteiger partial charge in [-0.05, 0) is 41.2 Å². The normalized spacial score (nSPS) is 21.8. The smallest absolute Gasteiger partial charge is 0.0670 e. The molecule has 0 N–H and O–H groups in total. The van der Waals surface area contributed by atoms with E-state index in [0.29, 0.717) is 0 Å². The van der Waals surface area contributed by atoms with Gasteiger partial charge < -0.3 is 0 Å². The second kappa shape index (κ2) is 7.81. The second-order valence-electron chi connectivity index (χ2n) is 8.22. The lowest BCUT2D eigenvalue weighted by Gasteiger charge is -2.30. The summed E-state index contributed by atoms with van der Waals surface area (Å²) in [5.41, 5.74) is 6.67. The minimum Gasteiger partial charge on any atom is -0.291 e. The van der Waals surface area contributed by atoms with E-state index in [9.17, 15) is 0 Å². The molecule has 0 spiro atoms. The van der Waals surface area contributed by atoms with Gasteiger partial charge in [0.05, 0.1) is 5.69 Å². The molecule has 2 heterocycles. The van der Waals surface area contributed by atoms with E-state index >= 15 is 0 Å². The van der Waals surface area contributed by atoms with Crippen LogP contribution in [0.4, 0.5) is 5.69 Å². The zero-order chi connectivity index (χ0) is 19.5. The monoisotopic (exact) mass is 378 g/mol. The third kappa shape index (κ3) is 3.68. The molecule has 0 fully saturated rings. The quantitative estimate of drug-likeness (QED) is 0.520. The Labute approximate surface area is 173 Å². The molecule has 1 unspecified atom stereocenters. The van der Waals surface area contributed by atoms with Crippen molar-refractivity contribution in [2.75, 3.05) is 6.54 Å². The number of aliphatic imine (C=N–C) groups is 1. The number of rotatable bonds is 4. The van der Waals surface area contributed by atoms with Gasteiger partial charge in [-0.25, -0.2) is 0 Å². The number of benzene rings is 3. The minimum atomic E-state index is -0.0491. The Balaban J connectivity index is 1.52. The maximum Gasteiger partial charge on any atom is 0.0670 e. The number of hydrogen-bond donors (Lipinski definition) is 0. The van der Waals surface area contributed by atoms with E-state index in [2.05, 4.69) is 102 Å². The SMILES string of the molecule is C1=Nc2cccc3c2C1(Cc1ccccc1)C/C=C\CN(Cc1ccccc1)C3. The van der Waals surface area contributed by atoms with E-state index in [4.69, 9.17) is 4.99 Å². The highest BCUT2D eigenvalue weighted by molar-refractivity contribution is 5.87. The molecule has 3 aromatic rings. The summed E-state index contributed by atoms with van der Waals surface area (Å²) in [6.45, 7) is 2.88. The summed E-state index contributed by atoms with van der Waals surface area (Å²) >= 11 is 0. The van der Waals surface area contributed by atoms with Crippen LogP contribution in [0.2, 0.25) is 0 Å². The lowest BCUT2D eigenvalue weighted by atomic mass is 9.73. The van der Waals surface area contributed by atoms with Crippen molar-refractivity contribution in [3.8, 4) is 0 Å². The molecule has 0 bridgehead atoms. The molecular weight excluding hydrogens is 352 g/mol. The Morgan fingerprint density at radius 3 is 2.34 bits per heavy atom. The van der Waals surface area contributed by atoms with Gasteiger partial charge in [0.2, 0.25) is 0 Å². The molecule has 1 atom stereocenters. The van der Waals surface area contributed by atoms with Gasteiger partial charge in [0.15, 0.2) is 0 Å². The summed E-state index contributed by atoms with van der Waals surface area (Å²) < 4.78 is 0. The maximum absolute atomic E-state index is 4.87. The van der Waals surface area contributed by atoms with Crippen LogP contribution in [0.3, 0.4) is 0 Å². The topological polar surface area (TPSA) is 15.6 Å². The zero-order valence-corrected chi connectivity index (χ0v) is 16.7. The summed E-state index contributed by atoms with van der Waals surface area (Å²) in [6, 6.07) is 28.2. The van der Waals surface area contributed by atoms with E-state index in [1.807, 2.05) is 0 Å². The van der Waals surface area contributed by atoms with Crippen molar-refractivity contribution in [3.05, 3.63) is 113 Å². The van der Waals surface area contributed by atoms with Crippen LogP contribution < -0.4 is 0 Å². The Kier molecular flexibility index (Phi) is 4.87. The second-order valence-corrected chi connectivity index (χ2v) is 8.22. The molecule has 0 amide bonds. The molecule has 2 aliphatic rings. The van der Waals surface area contributed by atoms with E-state index < -0.39 is 0 Å². The molecule has 0 saturated carbocycles. The molecule has 2 aliphatic heterocycles. The van der Waals surface area contributed by atoms with Gasteiger partial charge >= 0.3 is 0 Å². The van der Waals surface area contributed by atoms with Crippen LogP contribution in [0.5, 0.6) is 0 Å². The van der Waals surface area contributed by atoms with Crippen LogP contribution in [-0.2, 0) is 24.9 Å². The van der Waals surface area contributed by atoms with Gasteiger partial charge in [-0.15, -0.1) is 0 Å². The van der Waals surface area contributed by atoms with Crippen LogP contribution in [0, 0.1) is 0 Å². The van der Waals surface area contributed by atoms with Gasteiger partial charge in [0.25, 0.3) is 0 Å². The van der Waals surface area contributed by atoms with Crippen LogP contribution in [-0.4, -0.2) is 17.7 Å². The first-order chi connectivity index (χ1) is 14.3. The van der Waals surface area contributed by atoms with Crippen molar-refractivity contribution in [2.45, 2.75) is 31.3 Å². The lowest BCUT2D eigenvalue weighted by Crippen LogP contribution is -2.30. The molecular formula is C27H26N2. The highest BCUT2D eigenvalue weighted by Crippen LogP contribution is 2.44. The first-order valence-corrected chi connectivity index (χ1v) is 10.5. The van der Waals surface area contributed by atoms with Gasteiger partial charge in [-0.2, -0.15) is 0 Å². The Morgan fingerprint density at radius 2 is 1.55 bits per heavy atom. The Morgan fingerprint density at radius 1 is 0.793 bits per heavy atom. The van der Waals surface area contributed by atoms with Gasteiger partial charge in [-0.3, -0.25) is 9.89 Å². The third-order valence-corrected chi connectivity index (χ3v) is 6.10. The molecule has 0 radical (unpaired) electrons. The van der Waals surface area contributed by atoms with Gasteiger partial charge in [0.1, 0.15) is 0 Å². The minimum absolute atomic E-state index is 0.0491. The average molecular weight is 379 g/mol. The van der Waals surface area contributed by atoms with E-state index in [0.717, 1.165) is 38.2 Å². The van der Waals surface area contributed by atoms with Gasteiger partial charge in [0, 0.05) is 31.3 Å². The van der Waals surface area contributed by atoms with Crippen molar-refractivity contribution >= 4 is 11.9 Å². The predicted molar refractivity (Wildman–Crippen MR) is 121 cm³/mol. The fraction of sp³-hybridized carbons (Fsp3) is 0.222. The average Bonchev–Trinajstić information content (AvgIpc) is 3.14. The summed E-state index contributed by atoms with van der Waals surface area (Å²) in [4.78, 5) is 7.39. The molecule has 144 valence electrons. The number of hydrogen-bond acceptors (Lipinski definition) is 2. The van der Waals surface area contributed by atoms with Crippen LogP contribution in [0.1, 0.15) is 28.7 Å². The highest BCUT2D eigenvalue weighted by Gasteiger charge is 2.38. The Bertz CT molecular complexity index is 1040. The van der Waals surface area contributed by atoms with Crippen LogP contribution in [0.25, 0.3) is 0 Å². The zero-order valence-electron chi connectivity index (χ0n) is 16.7. The van der Waals surface area contributed by atoms with Crippen molar-refractivity contribution in [1.29, 1.82) is 0 Å².